The predicted octanol–water partition coefficient (Wildman–Crippen LogP) is 21.1. The van der Waals surface area contributed by atoms with E-state index in [9.17, 15) is 19.4 Å². The summed E-state index contributed by atoms with van der Waals surface area (Å²) in [6.45, 7) is 4.72. The lowest BCUT2D eigenvalue weighted by molar-refractivity contribution is -0.870. The van der Waals surface area contributed by atoms with Crippen molar-refractivity contribution in [2.75, 3.05) is 40.9 Å². The fraction of sp³-hybridized carbons (Fsp3) is 0.732. The number of likely N-dealkylation sites (N-methyl/N-ethyl adjacent to an activating group) is 1. The molecule has 0 heterocycles. The second-order valence-electron chi connectivity index (χ2n) is 23.5. The Kier molecular flexibility index (Phi) is 58.6. The highest BCUT2D eigenvalue weighted by Crippen LogP contribution is 2.43. The van der Waals surface area contributed by atoms with Gasteiger partial charge in [0.2, 0.25) is 5.91 Å². The van der Waals surface area contributed by atoms with Crippen molar-refractivity contribution in [2.45, 2.75) is 296 Å². The maximum atomic E-state index is 13.0. The molecular weight excluding hydrogens is 1010 g/mol. The van der Waals surface area contributed by atoms with E-state index in [1.165, 1.54) is 173 Å². The number of carbonyl (C=O) groups excluding carboxylic acids is 1. The molecule has 0 aromatic carbocycles. The van der Waals surface area contributed by atoms with Crippen LogP contribution >= 0.6 is 7.82 Å². The Morgan fingerprint density at radius 3 is 1.10 bits per heavy atom. The standard InChI is InChI=1S/C71H127N2O6P/c1-6-8-10-12-14-16-18-20-22-24-25-26-27-28-29-30-31-32-33-34-35-36-37-38-39-40-41-42-43-44-45-46-47-49-51-53-55-57-59-61-63-65-71(75)72-69(68-79-80(76,77)78-67-66-73(3,4)5)70(74)64-62-60-58-56-54-52-50-48-23-21-19-17-15-13-11-9-7-2/h8,10,14,16,20,22,25-26,28-29,31-32,34-35,37-38,62,64,69-70,74H,6-7,9,11-13,15,17-19,21,23-24,27,30,33,36,39-61,63,65-68H2,1-5H3,(H-,72,75,76,77)/p+1/b10-8-,16-14-,22-20-,26-25-,29-28-,32-31-,35-34-,38-37-,64-62+. The number of nitrogens with one attached hydrogen (secondary N) is 1. The summed E-state index contributed by atoms with van der Waals surface area (Å²) in [4.78, 5) is 23.4. The van der Waals surface area contributed by atoms with E-state index in [1.54, 1.807) is 6.08 Å². The molecule has 80 heavy (non-hydrogen) atoms. The average Bonchev–Trinajstić information content (AvgIpc) is 3.42. The minimum atomic E-state index is -4.35. The Labute approximate surface area is 495 Å². The summed E-state index contributed by atoms with van der Waals surface area (Å²) >= 11 is 0. The fourth-order valence-corrected chi connectivity index (χ4v) is 10.1. The summed E-state index contributed by atoms with van der Waals surface area (Å²) in [5.41, 5.74) is 0. The maximum absolute atomic E-state index is 13.0. The number of amides is 1. The number of aliphatic hydroxyl groups is 1. The molecule has 3 atom stereocenters. The van der Waals surface area contributed by atoms with Gasteiger partial charge in [0.1, 0.15) is 13.2 Å². The predicted molar refractivity (Wildman–Crippen MR) is 350 cm³/mol. The van der Waals surface area contributed by atoms with E-state index in [2.05, 4.69) is 116 Å². The summed E-state index contributed by atoms with van der Waals surface area (Å²) in [5.74, 6) is -0.177. The van der Waals surface area contributed by atoms with Gasteiger partial charge in [0.15, 0.2) is 0 Å². The van der Waals surface area contributed by atoms with Crippen molar-refractivity contribution in [1.29, 1.82) is 0 Å². The zero-order valence-electron chi connectivity index (χ0n) is 52.8. The first-order valence-electron chi connectivity index (χ1n) is 33.3. The first-order valence-corrected chi connectivity index (χ1v) is 34.8. The van der Waals surface area contributed by atoms with Crippen molar-refractivity contribution in [2.24, 2.45) is 0 Å². The Bertz CT molecular complexity index is 1670. The number of quaternary nitrogens is 1. The van der Waals surface area contributed by atoms with E-state index in [0.29, 0.717) is 17.4 Å². The molecule has 3 unspecified atom stereocenters. The molecule has 0 saturated carbocycles. The lowest BCUT2D eigenvalue weighted by atomic mass is 10.0. The Morgan fingerprint density at radius 1 is 0.438 bits per heavy atom. The first-order chi connectivity index (χ1) is 39.0. The molecule has 0 aliphatic carbocycles. The molecule has 0 fully saturated rings. The van der Waals surface area contributed by atoms with Crippen molar-refractivity contribution in [1.82, 2.24) is 5.32 Å². The number of carbonyl (C=O) groups is 1. The summed E-state index contributed by atoms with van der Waals surface area (Å²) in [5, 5.41) is 14.0. The van der Waals surface area contributed by atoms with Crippen molar-refractivity contribution >= 4 is 13.7 Å². The van der Waals surface area contributed by atoms with Gasteiger partial charge in [-0.15, -0.1) is 0 Å². The lowest BCUT2D eigenvalue weighted by Gasteiger charge is -2.25. The van der Waals surface area contributed by atoms with Gasteiger partial charge in [-0.1, -0.05) is 303 Å². The Morgan fingerprint density at radius 2 is 0.750 bits per heavy atom. The van der Waals surface area contributed by atoms with Gasteiger partial charge >= 0.3 is 7.82 Å². The smallest absolute Gasteiger partial charge is 0.387 e. The molecule has 3 N–H and O–H groups in total. The normalized spacial score (nSPS) is 14.4. The molecule has 0 spiro atoms. The van der Waals surface area contributed by atoms with Crippen molar-refractivity contribution < 1.29 is 32.9 Å². The van der Waals surface area contributed by atoms with Gasteiger partial charge in [0.05, 0.1) is 39.9 Å². The van der Waals surface area contributed by atoms with E-state index in [-0.39, 0.29) is 19.1 Å². The zero-order chi connectivity index (χ0) is 58.4. The summed E-state index contributed by atoms with van der Waals surface area (Å²) in [7, 11) is 1.57. The number of phosphoric ester groups is 1. The van der Waals surface area contributed by atoms with Crippen molar-refractivity contribution in [3.8, 4) is 0 Å². The molecule has 9 heteroatoms. The Hall–Kier alpha value is -2.84. The van der Waals surface area contributed by atoms with Crippen LogP contribution in [0.1, 0.15) is 284 Å². The van der Waals surface area contributed by atoms with E-state index < -0.39 is 20.0 Å². The molecule has 0 aromatic heterocycles. The quantitative estimate of drug-likeness (QED) is 0.0243. The van der Waals surface area contributed by atoms with E-state index >= 15 is 0 Å². The molecule has 8 nitrogen and oxygen atoms in total. The van der Waals surface area contributed by atoms with Crippen LogP contribution < -0.4 is 5.32 Å². The summed E-state index contributed by atoms with van der Waals surface area (Å²) in [6.07, 6.45) is 89.3. The number of aliphatic hydroxyl groups excluding tert-OH is 1. The van der Waals surface area contributed by atoms with E-state index in [1.807, 2.05) is 27.2 Å². The Balaban J connectivity index is 4.01. The van der Waals surface area contributed by atoms with Crippen LogP contribution in [0.5, 0.6) is 0 Å². The maximum Gasteiger partial charge on any atom is 0.472 e. The molecule has 1 amide bonds. The van der Waals surface area contributed by atoms with Gasteiger partial charge in [0, 0.05) is 6.42 Å². The number of allylic oxidation sites excluding steroid dienone is 17. The highest BCUT2D eigenvalue weighted by atomic mass is 31.2. The van der Waals surface area contributed by atoms with Crippen LogP contribution in [-0.4, -0.2) is 73.4 Å². The number of unbranched alkanes of at least 4 members (excludes halogenated alkanes) is 31. The number of hydrogen-bond donors (Lipinski definition) is 3. The fourth-order valence-electron chi connectivity index (χ4n) is 9.35. The van der Waals surface area contributed by atoms with Crippen LogP contribution in [0.25, 0.3) is 0 Å². The molecular formula is C71H128N2O6P+. The average molecular weight is 1140 g/mol. The van der Waals surface area contributed by atoms with Crippen LogP contribution in [0.2, 0.25) is 0 Å². The number of phosphoric acid groups is 1. The van der Waals surface area contributed by atoms with Gasteiger partial charge in [-0.2, -0.15) is 0 Å². The molecule has 0 saturated heterocycles. The zero-order valence-corrected chi connectivity index (χ0v) is 53.7. The first kappa shape index (κ1) is 77.2. The molecule has 0 radical (unpaired) electrons. The largest absolute Gasteiger partial charge is 0.472 e. The molecule has 0 aliphatic rings. The van der Waals surface area contributed by atoms with E-state index in [0.717, 1.165) is 89.9 Å². The van der Waals surface area contributed by atoms with Crippen LogP contribution in [0.4, 0.5) is 0 Å². The van der Waals surface area contributed by atoms with Gasteiger partial charge in [-0.05, 0) is 83.5 Å². The molecule has 462 valence electrons. The topological polar surface area (TPSA) is 105 Å². The van der Waals surface area contributed by atoms with Crippen LogP contribution in [-0.2, 0) is 18.4 Å². The SMILES string of the molecule is CC/C=C\C/C=C\C/C=C\C/C=C\C/C=C\C/C=C\C/C=C\C/C=C\CCCCCCCCCCCCCCCCCCC(=O)NC(COP(=O)(O)OCC[N+](C)(C)C)C(O)/C=C/CCCCCCCCCCCCCCCCC. The second kappa shape index (κ2) is 60.7. The second-order valence-corrected chi connectivity index (χ2v) is 24.9. The third-order valence-corrected chi connectivity index (χ3v) is 15.5. The summed E-state index contributed by atoms with van der Waals surface area (Å²) in [6, 6.07) is -0.851. The van der Waals surface area contributed by atoms with Crippen molar-refractivity contribution in [3.05, 3.63) is 109 Å². The van der Waals surface area contributed by atoms with Crippen LogP contribution in [0.15, 0.2) is 109 Å². The monoisotopic (exact) mass is 1140 g/mol. The van der Waals surface area contributed by atoms with Gasteiger partial charge in [-0.25, -0.2) is 4.57 Å². The molecule has 0 bridgehead atoms. The highest BCUT2D eigenvalue weighted by Gasteiger charge is 2.28. The van der Waals surface area contributed by atoms with Crippen LogP contribution in [0, 0.1) is 0 Å². The molecule has 0 aliphatic heterocycles. The number of hydrogen-bond acceptors (Lipinski definition) is 5. The highest BCUT2D eigenvalue weighted by molar-refractivity contribution is 7.47. The third kappa shape index (κ3) is 62.8. The van der Waals surface area contributed by atoms with Crippen LogP contribution in [0.3, 0.4) is 0 Å². The minimum Gasteiger partial charge on any atom is -0.387 e. The van der Waals surface area contributed by atoms with Gasteiger partial charge < -0.3 is 19.8 Å². The van der Waals surface area contributed by atoms with Gasteiger partial charge in [0.25, 0.3) is 0 Å². The molecule has 0 aromatic rings. The lowest BCUT2D eigenvalue weighted by Crippen LogP contribution is -2.45. The van der Waals surface area contributed by atoms with Gasteiger partial charge in [-0.3, -0.25) is 13.8 Å². The number of nitrogens with zero attached hydrogens (tertiary/aromatic N) is 1. The van der Waals surface area contributed by atoms with E-state index in [4.69, 9.17) is 9.05 Å². The third-order valence-electron chi connectivity index (χ3n) is 14.5. The minimum absolute atomic E-state index is 0.0592. The molecule has 0 rings (SSSR count). The summed E-state index contributed by atoms with van der Waals surface area (Å²) < 4.78 is 23.8. The number of rotatable bonds is 60. The van der Waals surface area contributed by atoms with Crippen molar-refractivity contribution in [3.63, 3.8) is 0 Å².